The third-order valence-electron chi connectivity index (χ3n) is 23.1. The molecule has 0 aromatic heterocycles. The summed E-state index contributed by atoms with van der Waals surface area (Å²) in [5, 5.41) is 116. The van der Waals surface area contributed by atoms with Crippen molar-refractivity contribution in [3.05, 3.63) is 158 Å². The average molecular weight is 1790 g/mol. The minimum Gasteiger partial charge on any atom is -0.461 e. The van der Waals surface area contributed by atoms with E-state index in [-0.39, 0.29) is 74.1 Å². The number of aliphatic hydroxyl groups excluding tert-OH is 10. The summed E-state index contributed by atoms with van der Waals surface area (Å²) < 4.78 is 112. The monoisotopic (exact) mass is 1790 g/mol. The predicted molar refractivity (Wildman–Crippen MR) is 433 cm³/mol. The van der Waals surface area contributed by atoms with Crippen LogP contribution in [0.4, 0.5) is 4.79 Å². The molecule has 18 rings (SSSR count). The van der Waals surface area contributed by atoms with Gasteiger partial charge in [-0.15, -0.1) is 0 Å². The molecule has 0 saturated carbocycles. The lowest BCUT2D eigenvalue weighted by molar-refractivity contribution is -0.276. The number of esters is 7. The number of aliphatic hydroxyl groups is 10. The molecule has 0 bridgehead atoms. The highest BCUT2D eigenvalue weighted by Crippen LogP contribution is 2.54. The number of hydrogen-bond donors (Lipinski definition) is 11. The van der Waals surface area contributed by atoms with Gasteiger partial charge < -0.3 is 151 Å². The Morgan fingerprint density at radius 3 is 0.961 bits per heavy atom. The minimum atomic E-state index is -1.73. The van der Waals surface area contributed by atoms with Gasteiger partial charge in [0.2, 0.25) is 39.2 Å². The van der Waals surface area contributed by atoms with Crippen LogP contribution in [0.25, 0.3) is 65.7 Å². The molecule has 9 heterocycles. The van der Waals surface area contributed by atoms with Gasteiger partial charge in [-0.25, -0.2) is 19.2 Å². The van der Waals surface area contributed by atoms with Crippen LogP contribution in [-0.4, -0.2) is 217 Å². The van der Waals surface area contributed by atoms with Gasteiger partial charge in [0.05, 0.1) is 74.6 Å². The van der Waals surface area contributed by atoms with Crippen molar-refractivity contribution in [1.29, 1.82) is 0 Å². The maximum atomic E-state index is 13.3. The smallest absolute Gasteiger partial charge is 0.461 e. The van der Waals surface area contributed by atoms with E-state index in [1.807, 2.05) is 0 Å². The van der Waals surface area contributed by atoms with Crippen LogP contribution in [0.2, 0.25) is 0 Å². The van der Waals surface area contributed by atoms with Gasteiger partial charge in [-0.2, -0.15) is 0 Å². The second-order valence-electron chi connectivity index (χ2n) is 31.1. The normalized spacial score (nSPS) is 24.0. The van der Waals surface area contributed by atoms with E-state index in [1.165, 1.54) is 20.8 Å². The van der Waals surface area contributed by atoms with Crippen molar-refractivity contribution >= 4 is 80.3 Å². The summed E-state index contributed by atoms with van der Waals surface area (Å²) in [5.41, 5.74) is 7.15. The van der Waals surface area contributed by atoms with Crippen LogP contribution in [0.1, 0.15) is 130 Å². The van der Waals surface area contributed by atoms with Gasteiger partial charge in [0, 0.05) is 77.2 Å². The molecule has 15 atom stereocenters. The number of carbonyl (C=O) groups is 8. The van der Waals surface area contributed by atoms with Gasteiger partial charge in [-0.3, -0.25) is 19.2 Å². The molecule has 9 aromatic rings. The Balaban J connectivity index is 0.000000142. The Morgan fingerprint density at radius 1 is 0.318 bits per heavy atom. The summed E-state index contributed by atoms with van der Waals surface area (Å²) in [6.45, 7) is 6.41. The summed E-state index contributed by atoms with van der Waals surface area (Å²) in [6.07, 6.45) is -21.8. The number of hydrogen-bond acceptors (Lipinski definition) is 38. The molecule has 129 heavy (non-hydrogen) atoms. The SMILES string of the molecule is CC(=O)O[C@H]1[C@H](O)[C@@H](OC(C)=O)C(Oc2c3c(c(-c4ccc5c(c4)OCO5)c4cc(CO)c(CO)cc24)C(=O)OC3)O[C@@H]1C.CC(=O)O[C@H]1[C@H](OC(C)=O)[C@@H](O)C(Oc2c3c(c(-c4ccc5c(c4)OCO5)c4cc(CO)c(CO)cc24)C(=O)OC3)O[C@@H]1C.C[C@H]1OC(Oc2c3c(c(-c4ccc5c(c4)OCO5)c4cc(CO)c(CO)cc24)C(=O)OC3)[C@H](OC(=O)O)[C@@H](O)[C@@H]1O. The Kier molecular flexibility index (Phi) is 25.4. The number of rotatable bonds is 20. The highest BCUT2D eigenvalue weighted by molar-refractivity contribution is 6.16. The molecule has 3 saturated heterocycles. The van der Waals surface area contributed by atoms with Crippen LogP contribution in [0.5, 0.6) is 51.7 Å². The van der Waals surface area contributed by atoms with E-state index < -0.39 is 180 Å². The summed E-state index contributed by atoms with van der Waals surface area (Å²) in [5.74, 6) is -1.34. The van der Waals surface area contributed by atoms with Crippen molar-refractivity contribution in [2.75, 3.05) is 20.4 Å². The van der Waals surface area contributed by atoms with Crippen LogP contribution >= 0.6 is 0 Å². The van der Waals surface area contributed by atoms with E-state index in [9.17, 15) is 94.5 Å². The lowest BCUT2D eigenvalue weighted by Crippen LogP contribution is -2.60. The molecular weight excluding hydrogens is 1700 g/mol. The maximum Gasteiger partial charge on any atom is 0.506 e. The molecule has 39 nitrogen and oxygen atoms in total. The zero-order valence-corrected chi connectivity index (χ0v) is 69.7. The zero-order chi connectivity index (χ0) is 91.6. The van der Waals surface area contributed by atoms with Crippen molar-refractivity contribution in [2.24, 2.45) is 0 Å². The first kappa shape index (κ1) is 89.4. The highest BCUT2D eigenvalue weighted by Gasteiger charge is 2.53. The quantitative estimate of drug-likeness (QED) is 0.0295. The van der Waals surface area contributed by atoms with E-state index in [4.69, 9.17) is 94.7 Å². The molecule has 9 aliphatic rings. The Bertz CT molecular complexity index is 6020. The molecular formula is C90H86O39. The van der Waals surface area contributed by atoms with Gasteiger partial charge in [0.25, 0.3) is 0 Å². The van der Waals surface area contributed by atoms with Gasteiger partial charge in [0.1, 0.15) is 55.4 Å². The molecule has 0 radical (unpaired) electrons. The van der Waals surface area contributed by atoms with Crippen LogP contribution in [0.15, 0.2) is 91.0 Å². The third kappa shape index (κ3) is 16.9. The van der Waals surface area contributed by atoms with Crippen molar-refractivity contribution < 1.29 is 189 Å². The Morgan fingerprint density at radius 2 is 0.612 bits per heavy atom. The average Bonchev–Trinajstić information content (AvgIpc) is 1.66. The van der Waals surface area contributed by atoms with E-state index in [1.54, 1.807) is 105 Å². The zero-order valence-electron chi connectivity index (χ0n) is 69.7. The molecule has 9 aromatic carbocycles. The van der Waals surface area contributed by atoms with Crippen LogP contribution in [0, 0.1) is 0 Å². The molecule has 680 valence electrons. The van der Waals surface area contributed by atoms with Crippen molar-refractivity contribution in [1.82, 2.24) is 0 Å². The summed E-state index contributed by atoms with van der Waals surface area (Å²) in [7, 11) is 0. The fraction of sp³-hybridized carbons (Fsp3) is 0.378. The maximum absolute atomic E-state index is 13.3. The van der Waals surface area contributed by atoms with Crippen LogP contribution in [0.3, 0.4) is 0 Å². The predicted octanol–water partition coefficient (Wildman–Crippen LogP) is 6.28. The van der Waals surface area contributed by atoms with E-state index in [0.717, 1.165) is 13.8 Å². The third-order valence-corrected chi connectivity index (χ3v) is 23.1. The lowest BCUT2D eigenvalue weighted by Gasteiger charge is -2.42. The summed E-state index contributed by atoms with van der Waals surface area (Å²) in [6, 6.07) is 25.3. The minimum absolute atomic E-state index is 0.0426. The molecule has 0 spiro atoms. The number of cyclic esters (lactones) is 3. The van der Waals surface area contributed by atoms with Crippen LogP contribution in [-0.2, 0) is 131 Å². The number of benzene rings is 9. The Hall–Kier alpha value is -13.0. The van der Waals surface area contributed by atoms with Gasteiger partial charge in [-0.1, -0.05) is 18.2 Å². The molecule has 3 unspecified atom stereocenters. The van der Waals surface area contributed by atoms with Gasteiger partial charge in [0.15, 0.2) is 71.1 Å². The number of ether oxygens (including phenoxy) is 20. The van der Waals surface area contributed by atoms with E-state index in [2.05, 4.69) is 0 Å². The van der Waals surface area contributed by atoms with Gasteiger partial charge in [-0.05, 0) is 160 Å². The molecule has 0 amide bonds. The van der Waals surface area contributed by atoms with E-state index in [0.29, 0.717) is 150 Å². The first-order valence-electron chi connectivity index (χ1n) is 40.5. The molecule has 11 N–H and O–H groups in total. The van der Waals surface area contributed by atoms with Crippen molar-refractivity contribution in [3.8, 4) is 85.1 Å². The van der Waals surface area contributed by atoms with Crippen molar-refractivity contribution in [3.63, 3.8) is 0 Å². The van der Waals surface area contributed by atoms with Crippen LogP contribution < -0.4 is 42.6 Å². The first-order valence-corrected chi connectivity index (χ1v) is 40.5. The fourth-order valence-corrected chi connectivity index (χ4v) is 17.2. The summed E-state index contributed by atoms with van der Waals surface area (Å²) >= 11 is 0. The van der Waals surface area contributed by atoms with Gasteiger partial charge >= 0.3 is 47.9 Å². The largest absolute Gasteiger partial charge is 0.506 e. The number of fused-ring (bicyclic) bond motifs is 9. The second-order valence-corrected chi connectivity index (χ2v) is 31.1. The number of carboxylic acid groups (broad SMARTS) is 1. The molecule has 0 aliphatic carbocycles. The Labute approximate surface area is 729 Å². The molecule has 39 heteroatoms. The standard InChI is InChI=1S/2C31H30O13.C28H26O13/c1-13-27(42-14(2)34)29(43-15(3)35)26(36)31(41-13)44-28-20-7-18(10-33)17(9-32)6-19(20)24(25-21(28)11-38-30(25)37)16-4-5-22-23(8-16)40-12-39-22;1-13-27(42-14(2)34)26(36)29(43-15(3)35)31(41-13)44-28-20-7-18(10-33)17(9-32)6-19(20)24(25-21(28)11-38-30(25)37)16-4-5-22-23(8-16)40-12-39-22;1-11-22(31)23(32)25(41-28(34)35)27(39-11)40-24-16-5-14(8-30)13(7-29)4-15(16)20(21-17(24)9-36-26(21)33)12-2-3-18-19(6-12)38-10-37-18/h2*4-8,13,26-27,29,31-33,36H,9-12H2,1-3H3;2-6,11,22-23,25,27,29-32H,7-10H2,1H3,(H,34,35)/t13-,26-,27-,29-,31?;13-,26+,27-,29-,31?;11-,22-,23+,25-,27?/m111/s1. The fourth-order valence-electron chi connectivity index (χ4n) is 17.2. The topological polar surface area (TPSA) is 544 Å². The second kappa shape index (κ2) is 36.6. The highest BCUT2D eigenvalue weighted by atomic mass is 16.8. The molecule has 9 aliphatic heterocycles. The van der Waals surface area contributed by atoms with Crippen molar-refractivity contribution in [2.45, 2.75) is 200 Å². The number of carbonyl (C=O) groups excluding carboxylic acids is 7. The lowest BCUT2D eigenvalue weighted by atomic mass is 9.87. The van der Waals surface area contributed by atoms with E-state index >= 15 is 0 Å². The molecule has 3 fully saturated rings. The first-order chi connectivity index (χ1) is 61.9. The summed E-state index contributed by atoms with van der Waals surface area (Å²) in [4.78, 5) is 98.7.